The topological polar surface area (TPSA) is 56.0 Å². The van der Waals surface area contributed by atoms with E-state index in [9.17, 15) is 5.11 Å². The van der Waals surface area contributed by atoms with Gasteiger partial charge in [0, 0.05) is 31.7 Å². The molecule has 3 atom stereocenters. The van der Waals surface area contributed by atoms with Gasteiger partial charge in [0.05, 0.1) is 6.61 Å². The third-order valence-corrected chi connectivity index (χ3v) is 7.02. The highest BCUT2D eigenvalue weighted by atomic mass is 16.3. The van der Waals surface area contributed by atoms with Crippen molar-refractivity contribution in [2.75, 3.05) is 59.0 Å². The summed E-state index contributed by atoms with van der Waals surface area (Å²) in [7, 11) is 0. The summed E-state index contributed by atoms with van der Waals surface area (Å²) >= 11 is 0. The minimum atomic E-state index is -0.0234. The largest absolute Gasteiger partial charge is 0.395 e. The summed E-state index contributed by atoms with van der Waals surface area (Å²) in [5, 5.41) is 9.24. The van der Waals surface area contributed by atoms with Crippen LogP contribution in [-0.2, 0) is 0 Å². The lowest BCUT2D eigenvalue weighted by molar-refractivity contribution is 0.0940. The Morgan fingerprint density at radius 3 is 2.29 bits per heavy atom. The van der Waals surface area contributed by atoms with Crippen molar-refractivity contribution in [3.05, 3.63) is 0 Å². The van der Waals surface area contributed by atoms with Crippen LogP contribution in [0.1, 0.15) is 39.5 Å². The Balaban J connectivity index is 1.43. The van der Waals surface area contributed by atoms with Crippen LogP contribution in [0.2, 0.25) is 0 Å². The second-order valence-corrected chi connectivity index (χ2v) is 8.67. The van der Waals surface area contributed by atoms with Gasteiger partial charge >= 0.3 is 0 Å². The number of aliphatic hydroxyl groups is 1. The summed E-state index contributed by atoms with van der Waals surface area (Å²) in [6.07, 6.45) is 5.07. The van der Waals surface area contributed by atoms with Gasteiger partial charge in [-0.2, -0.15) is 0 Å². The van der Waals surface area contributed by atoms with Gasteiger partial charge in [-0.1, -0.05) is 6.92 Å². The minimum absolute atomic E-state index is 0.0234. The highest BCUT2D eigenvalue weighted by molar-refractivity contribution is 4.97. The molecule has 3 rings (SSSR count). The van der Waals surface area contributed by atoms with Gasteiger partial charge in [0.25, 0.3) is 0 Å². The molecule has 0 amide bonds. The van der Waals surface area contributed by atoms with E-state index >= 15 is 0 Å². The third kappa shape index (κ3) is 4.13. The van der Waals surface area contributed by atoms with Crippen LogP contribution in [0, 0.1) is 11.3 Å². The van der Waals surface area contributed by atoms with E-state index in [-0.39, 0.29) is 12.6 Å². The molecule has 3 N–H and O–H groups in total. The Hall–Kier alpha value is -0.200. The molecule has 3 saturated heterocycles. The lowest BCUT2D eigenvalue weighted by Crippen LogP contribution is -2.48. The average Bonchev–Trinajstić information content (AvgIpc) is 3.20. The molecule has 24 heavy (non-hydrogen) atoms. The fourth-order valence-electron chi connectivity index (χ4n) is 5.24. The Kier molecular flexibility index (Phi) is 6.20. The van der Waals surface area contributed by atoms with Crippen LogP contribution >= 0.6 is 0 Å². The number of aliphatic hydroxyl groups excluding tert-OH is 1. The summed E-state index contributed by atoms with van der Waals surface area (Å²) in [4.78, 5) is 7.98. The lowest BCUT2D eigenvalue weighted by Gasteiger charge is -2.39. The predicted molar refractivity (Wildman–Crippen MR) is 99.0 cm³/mol. The molecule has 0 radical (unpaired) electrons. The monoisotopic (exact) mass is 338 g/mol. The molecule has 3 fully saturated rings. The van der Waals surface area contributed by atoms with E-state index in [4.69, 9.17) is 5.73 Å². The van der Waals surface area contributed by atoms with Crippen molar-refractivity contribution in [1.29, 1.82) is 0 Å². The maximum atomic E-state index is 9.24. The number of rotatable bonds is 6. The summed E-state index contributed by atoms with van der Waals surface area (Å²) in [5.41, 5.74) is 6.60. The molecular formula is C19H38N4O. The Labute approximate surface area is 148 Å². The van der Waals surface area contributed by atoms with Crippen LogP contribution in [0.3, 0.4) is 0 Å². The summed E-state index contributed by atoms with van der Waals surface area (Å²) in [6, 6.07) is 0.611. The molecule has 0 saturated carbocycles. The molecule has 0 bridgehead atoms. The smallest absolute Gasteiger partial charge is 0.0585 e. The number of hydrogen-bond acceptors (Lipinski definition) is 5. The average molecular weight is 339 g/mol. The first-order chi connectivity index (χ1) is 11.5. The van der Waals surface area contributed by atoms with E-state index in [0.29, 0.717) is 17.4 Å². The van der Waals surface area contributed by atoms with Gasteiger partial charge in [-0.25, -0.2) is 0 Å². The molecule has 3 aliphatic rings. The minimum Gasteiger partial charge on any atom is -0.395 e. The van der Waals surface area contributed by atoms with E-state index in [1.807, 2.05) is 0 Å². The maximum absolute atomic E-state index is 9.24. The third-order valence-electron chi connectivity index (χ3n) is 7.02. The van der Waals surface area contributed by atoms with Gasteiger partial charge in [-0.15, -0.1) is 0 Å². The number of nitrogens with zero attached hydrogens (tertiary/aromatic N) is 3. The highest BCUT2D eigenvalue weighted by Gasteiger charge is 2.43. The van der Waals surface area contributed by atoms with E-state index in [1.165, 1.54) is 52.1 Å². The first-order valence-electron chi connectivity index (χ1n) is 10.1. The fraction of sp³-hybridized carbons (Fsp3) is 1.00. The molecule has 1 spiro atoms. The molecule has 0 aliphatic carbocycles. The van der Waals surface area contributed by atoms with Crippen LogP contribution in [0.25, 0.3) is 0 Å². The molecule has 5 heteroatoms. The second kappa shape index (κ2) is 8.00. The number of likely N-dealkylation sites (tertiary alicyclic amines) is 3. The van der Waals surface area contributed by atoms with Crippen molar-refractivity contribution < 1.29 is 5.11 Å². The molecule has 3 heterocycles. The van der Waals surface area contributed by atoms with E-state index in [0.717, 1.165) is 25.9 Å². The van der Waals surface area contributed by atoms with Crippen molar-refractivity contribution in [3.63, 3.8) is 0 Å². The van der Waals surface area contributed by atoms with Gasteiger partial charge in [-0.3, -0.25) is 4.90 Å². The van der Waals surface area contributed by atoms with Gasteiger partial charge < -0.3 is 20.6 Å². The summed E-state index contributed by atoms with van der Waals surface area (Å²) < 4.78 is 0. The molecule has 140 valence electrons. The second-order valence-electron chi connectivity index (χ2n) is 8.67. The fourth-order valence-corrected chi connectivity index (χ4v) is 5.24. The quantitative estimate of drug-likeness (QED) is 0.751. The van der Waals surface area contributed by atoms with Crippen molar-refractivity contribution in [2.24, 2.45) is 17.1 Å². The van der Waals surface area contributed by atoms with Crippen LogP contribution < -0.4 is 5.73 Å². The van der Waals surface area contributed by atoms with Gasteiger partial charge in [0.15, 0.2) is 0 Å². The normalized spacial score (nSPS) is 33.5. The molecule has 5 nitrogen and oxygen atoms in total. The van der Waals surface area contributed by atoms with Crippen molar-refractivity contribution in [2.45, 2.75) is 51.6 Å². The lowest BCUT2D eigenvalue weighted by atomic mass is 9.86. The number of hydrogen-bond donors (Lipinski definition) is 2. The number of piperidine rings is 1. The maximum Gasteiger partial charge on any atom is 0.0585 e. The number of nitrogens with two attached hydrogens (primary N) is 1. The van der Waals surface area contributed by atoms with E-state index in [2.05, 4.69) is 28.5 Å². The molecule has 0 aromatic heterocycles. The van der Waals surface area contributed by atoms with Crippen molar-refractivity contribution in [3.8, 4) is 0 Å². The highest BCUT2D eigenvalue weighted by Crippen LogP contribution is 2.39. The Bertz CT molecular complexity index is 399. The first kappa shape index (κ1) is 18.6. The van der Waals surface area contributed by atoms with E-state index in [1.54, 1.807) is 0 Å². The van der Waals surface area contributed by atoms with Crippen molar-refractivity contribution in [1.82, 2.24) is 14.7 Å². The van der Waals surface area contributed by atoms with Crippen molar-refractivity contribution >= 4 is 0 Å². The predicted octanol–water partition coefficient (Wildman–Crippen LogP) is 0.824. The van der Waals surface area contributed by atoms with Gasteiger partial charge in [0.1, 0.15) is 0 Å². The van der Waals surface area contributed by atoms with Crippen LogP contribution in [0.4, 0.5) is 0 Å². The van der Waals surface area contributed by atoms with Gasteiger partial charge in [-0.05, 0) is 76.7 Å². The zero-order chi connectivity index (χ0) is 17.2. The first-order valence-corrected chi connectivity index (χ1v) is 10.1. The van der Waals surface area contributed by atoms with Gasteiger partial charge in [0.2, 0.25) is 0 Å². The SMILES string of the molecule is CCN1CCC2(CCN(CC(C)N3CCC(C(N)CO)CC3)C2)C1. The molecule has 0 aromatic rings. The zero-order valence-electron chi connectivity index (χ0n) is 15.8. The summed E-state index contributed by atoms with van der Waals surface area (Å²) in [6.45, 7) is 14.7. The molecular weight excluding hydrogens is 300 g/mol. The summed E-state index contributed by atoms with van der Waals surface area (Å²) in [5.74, 6) is 0.507. The van der Waals surface area contributed by atoms with Crippen LogP contribution in [0.5, 0.6) is 0 Å². The molecule has 3 unspecified atom stereocenters. The van der Waals surface area contributed by atoms with E-state index < -0.39 is 0 Å². The Morgan fingerprint density at radius 1 is 1.08 bits per heavy atom. The van der Waals surface area contributed by atoms with Crippen LogP contribution in [-0.4, -0.2) is 90.9 Å². The molecule has 3 aliphatic heterocycles. The standard InChI is InChI=1S/C19H38N4O/c1-3-21-10-6-19(14-21)7-11-22(15-19)12-16(2)23-8-4-17(5-9-23)18(20)13-24/h16-18,24H,3-15,20H2,1-2H3. The molecule has 0 aromatic carbocycles. The Morgan fingerprint density at radius 2 is 1.71 bits per heavy atom. The zero-order valence-corrected chi connectivity index (χ0v) is 15.8. The van der Waals surface area contributed by atoms with Crippen LogP contribution in [0.15, 0.2) is 0 Å².